The second-order valence-corrected chi connectivity index (χ2v) is 7.97. The number of aromatic amines is 1. The lowest BCUT2D eigenvalue weighted by Crippen LogP contribution is -2.16. The number of hydrogen-bond acceptors (Lipinski definition) is 5. The number of H-pyrrole nitrogens is 1. The number of hydrogen-bond donors (Lipinski definition) is 2. The number of carbonyl (C=O) groups excluding carboxylic acids is 1. The van der Waals surface area contributed by atoms with E-state index in [2.05, 4.69) is 22.2 Å². The molecule has 2 aromatic rings. The van der Waals surface area contributed by atoms with E-state index in [0.29, 0.717) is 32.3 Å². The standard InChI is InChI=1S/C16H17Cl2N3O2S2/c1-2-5-24-8-11-7-14(22)21-16(19-11)25-9-15(23)20-13-6-10(17)3-4-12(13)18/h3-4,6-7H,2,5,8-9H2,1H3,(H,20,23)(H,19,21,22). The lowest BCUT2D eigenvalue weighted by molar-refractivity contribution is -0.113. The number of nitrogens with one attached hydrogen (secondary N) is 2. The van der Waals surface area contributed by atoms with E-state index in [9.17, 15) is 9.59 Å². The van der Waals surface area contributed by atoms with Gasteiger partial charge in [-0.2, -0.15) is 11.8 Å². The van der Waals surface area contributed by atoms with Crippen LogP contribution in [0.3, 0.4) is 0 Å². The summed E-state index contributed by atoms with van der Waals surface area (Å²) >= 11 is 14.8. The summed E-state index contributed by atoms with van der Waals surface area (Å²) in [4.78, 5) is 30.8. The van der Waals surface area contributed by atoms with E-state index in [1.165, 1.54) is 6.07 Å². The van der Waals surface area contributed by atoms with Crippen molar-refractivity contribution < 1.29 is 4.79 Å². The topological polar surface area (TPSA) is 74.8 Å². The molecule has 1 heterocycles. The number of anilines is 1. The Kier molecular flexibility index (Phi) is 8.15. The Morgan fingerprint density at radius 1 is 1.32 bits per heavy atom. The minimum Gasteiger partial charge on any atom is -0.324 e. The number of nitrogens with zero attached hydrogens (tertiary/aromatic N) is 1. The molecule has 0 aliphatic heterocycles. The molecule has 0 radical (unpaired) electrons. The van der Waals surface area contributed by atoms with Crippen molar-refractivity contribution in [3.63, 3.8) is 0 Å². The number of rotatable bonds is 8. The minimum atomic E-state index is -0.262. The number of thioether (sulfide) groups is 2. The average Bonchev–Trinajstić information content (AvgIpc) is 2.56. The Balaban J connectivity index is 1.94. The van der Waals surface area contributed by atoms with Gasteiger partial charge in [-0.3, -0.25) is 9.59 Å². The van der Waals surface area contributed by atoms with Crippen molar-refractivity contribution in [1.82, 2.24) is 9.97 Å². The Labute approximate surface area is 164 Å². The molecule has 0 aliphatic rings. The first-order chi connectivity index (χ1) is 12.0. The molecule has 0 atom stereocenters. The Hall–Kier alpha value is -1.15. The monoisotopic (exact) mass is 417 g/mol. The number of halogens is 2. The first-order valence-electron chi connectivity index (χ1n) is 7.53. The van der Waals surface area contributed by atoms with Crippen molar-refractivity contribution >= 4 is 58.3 Å². The lowest BCUT2D eigenvalue weighted by Gasteiger charge is -2.08. The number of benzene rings is 1. The normalized spacial score (nSPS) is 10.7. The van der Waals surface area contributed by atoms with Gasteiger partial charge >= 0.3 is 0 Å². The summed E-state index contributed by atoms with van der Waals surface area (Å²) in [6, 6.07) is 6.32. The summed E-state index contributed by atoms with van der Waals surface area (Å²) in [6.07, 6.45) is 1.07. The van der Waals surface area contributed by atoms with Crippen LogP contribution in [0.2, 0.25) is 10.0 Å². The highest BCUT2D eigenvalue weighted by Crippen LogP contribution is 2.25. The fourth-order valence-corrected chi connectivity index (χ4v) is 3.68. The van der Waals surface area contributed by atoms with Crippen LogP contribution in [0.5, 0.6) is 0 Å². The van der Waals surface area contributed by atoms with Gasteiger partial charge in [0.15, 0.2) is 5.16 Å². The van der Waals surface area contributed by atoms with Crippen LogP contribution in [-0.2, 0) is 10.5 Å². The predicted octanol–water partition coefficient (Wildman–Crippen LogP) is 4.45. The van der Waals surface area contributed by atoms with Crippen molar-refractivity contribution in [2.24, 2.45) is 0 Å². The van der Waals surface area contributed by atoms with E-state index in [1.54, 1.807) is 30.0 Å². The second-order valence-electron chi connectivity index (χ2n) is 5.06. The third-order valence-corrected chi connectivity index (χ3v) is 5.55. The third kappa shape index (κ3) is 6.93. The van der Waals surface area contributed by atoms with E-state index in [1.807, 2.05) is 0 Å². The molecular weight excluding hydrogens is 401 g/mol. The van der Waals surface area contributed by atoms with Crippen LogP contribution >= 0.6 is 46.7 Å². The second kappa shape index (κ2) is 10.1. The summed E-state index contributed by atoms with van der Waals surface area (Å²) in [7, 11) is 0. The molecule has 0 unspecified atom stereocenters. The highest BCUT2D eigenvalue weighted by atomic mass is 35.5. The number of aromatic nitrogens is 2. The first kappa shape index (κ1) is 20.2. The van der Waals surface area contributed by atoms with Gasteiger partial charge in [0, 0.05) is 16.8 Å². The highest BCUT2D eigenvalue weighted by molar-refractivity contribution is 7.99. The van der Waals surface area contributed by atoms with Crippen LogP contribution in [-0.4, -0.2) is 27.4 Å². The zero-order valence-electron chi connectivity index (χ0n) is 13.5. The van der Waals surface area contributed by atoms with Crippen LogP contribution in [0.1, 0.15) is 19.0 Å². The number of amides is 1. The van der Waals surface area contributed by atoms with Gasteiger partial charge in [0.1, 0.15) is 0 Å². The maximum Gasteiger partial charge on any atom is 0.251 e. The predicted molar refractivity (Wildman–Crippen MR) is 107 cm³/mol. The zero-order valence-corrected chi connectivity index (χ0v) is 16.6. The van der Waals surface area contributed by atoms with Crippen LogP contribution in [0, 0.1) is 0 Å². The molecule has 0 saturated carbocycles. The Morgan fingerprint density at radius 3 is 2.88 bits per heavy atom. The van der Waals surface area contributed by atoms with Crippen molar-refractivity contribution in [2.45, 2.75) is 24.3 Å². The first-order valence-corrected chi connectivity index (χ1v) is 10.4. The molecule has 0 spiro atoms. The SMILES string of the molecule is CCCSCc1cc(=O)[nH]c(SCC(=O)Nc2cc(Cl)ccc2Cl)n1. The summed E-state index contributed by atoms with van der Waals surface area (Å²) in [5.41, 5.74) is 0.942. The molecular formula is C16H17Cl2N3O2S2. The van der Waals surface area contributed by atoms with Gasteiger partial charge in [-0.25, -0.2) is 4.98 Å². The van der Waals surface area contributed by atoms with Crippen molar-refractivity contribution in [2.75, 3.05) is 16.8 Å². The van der Waals surface area contributed by atoms with Gasteiger partial charge in [0.05, 0.1) is 22.2 Å². The Morgan fingerprint density at radius 2 is 2.12 bits per heavy atom. The average molecular weight is 418 g/mol. The molecule has 0 fully saturated rings. The lowest BCUT2D eigenvalue weighted by atomic mass is 10.3. The fraction of sp³-hybridized carbons (Fsp3) is 0.312. The van der Waals surface area contributed by atoms with Gasteiger partial charge in [-0.05, 0) is 30.4 Å². The minimum absolute atomic E-state index is 0.0946. The Bertz CT molecular complexity index is 799. The summed E-state index contributed by atoms with van der Waals surface area (Å²) in [6.45, 7) is 2.10. The van der Waals surface area contributed by atoms with E-state index in [4.69, 9.17) is 23.2 Å². The van der Waals surface area contributed by atoms with Gasteiger partial charge in [0.2, 0.25) is 5.91 Å². The van der Waals surface area contributed by atoms with E-state index in [0.717, 1.165) is 23.9 Å². The van der Waals surface area contributed by atoms with E-state index >= 15 is 0 Å². The summed E-state index contributed by atoms with van der Waals surface area (Å²) in [5.74, 6) is 1.52. The molecule has 134 valence electrons. The van der Waals surface area contributed by atoms with Gasteiger partial charge in [-0.15, -0.1) is 0 Å². The molecule has 1 aromatic carbocycles. The molecule has 0 aliphatic carbocycles. The van der Waals surface area contributed by atoms with Crippen LogP contribution < -0.4 is 10.9 Å². The third-order valence-electron chi connectivity index (χ3n) is 2.91. The molecule has 2 N–H and O–H groups in total. The maximum atomic E-state index is 12.1. The van der Waals surface area contributed by atoms with Crippen LogP contribution in [0.25, 0.3) is 0 Å². The number of carbonyl (C=O) groups is 1. The molecule has 1 aromatic heterocycles. The summed E-state index contributed by atoms with van der Waals surface area (Å²) in [5, 5.41) is 4.00. The molecule has 9 heteroatoms. The van der Waals surface area contributed by atoms with Crippen molar-refractivity contribution in [3.8, 4) is 0 Å². The molecule has 2 rings (SSSR count). The van der Waals surface area contributed by atoms with E-state index in [-0.39, 0.29) is 17.2 Å². The van der Waals surface area contributed by atoms with Gasteiger partial charge in [0.25, 0.3) is 5.56 Å². The smallest absolute Gasteiger partial charge is 0.251 e. The molecule has 0 saturated heterocycles. The van der Waals surface area contributed by atoms with Gasteiger partial charge < -0.3 is 10.3 Å². The molecule has 0 bridgehead atoms. The van der Waals surface area contributed by atoms with Crippen LogP contribution in [0.4, 0.5) is 5.69 Å². The van der Waals surface area contributed by atoms with Crippen LogP contribution in [0.15, 0.2) is 34.2 Å². The summed E-state index contributed by atoms with van der Waals surface area (Å²) < 4.78 is 0. The maximum absolute atomic E-state index is 12.1. The largest absolute Gasteiger partial charge is 0.324 e. The van der Waals surface area contributed by atoms with E-state index < -0.39 is 0 Å². The van der Waals surface area contributed by atoms with Crippen molar-refractivity contribution in [3.05, 3.63) is 50.4 Å². The molecule has 25 heavy (non-hydrogen) atoms. The van der Waals surface area contributed by atoms with Gasteiger partial charge in [-0.1, -0.05) is 41.9 Å². The zero-order chi connectivity index (χ0) is 18.2. The fourth-order valence-electron chi connectivity index (χ4n) is 1.86. The quantitative estimate of drug-likeness (QED) is 0.376. The highest BCUT2D eigenvalue weighted by Gasteiger charge is 2.09. The molecule has 1 amide bonds. The molecule has 5 nitrogen and oxygen atoms in total. The van der Waals surface area contributed by atoms with Crippen molar-refractivity contribution in [1.29, 1.82) is 0 Å².